The van der Waals surface area contributed by atoms with Gasteiger partial charge in [-0.05, 0) is 75.1 Å². The van der Waals surface area contributed by atoms with E-state index in [1.165, 1.54) is 4.90 Å². The van der Waals surface area contributed by atoms with Crippen LogP contribution in [0.15, 0.2) is 73.8 Å². The van der Waals surface area contributed by atoms with E-state index in [-0.39, 0.29) is 31.6 Å². The molecule has 2 amide bonds. The quantitative estimate of drug-likeness (QED) is 0.192. The number of aliphatic hydroxyl groups is 1. The van der Waals surface area contributed by atoms with Crippen molar-refractivity contribution in [1.29, 1.82) is 0 Å². The standard InChI is InChI=1S/C36H44N2O6/c1-5-7-8-12-20-43-35(42)30-29-17-18-36(44-29)31(30)33(40)38(27(23-39)22-26-13-10-9-11-14-26)32(36)34(41)37(19-6-2)28-21-24(3)15-16-25(28)4/h5-6,9-11,13-16,21,27,29-32,39H,1-2,7-8,12,17-20,22-23H2,3-4H3/t27-,29+,30-,31+,32?,36?/m1/s1. The number of allylic oxidation sites excluding steroid dienone is 1. The van der Waals surface area contributed by atoms with Gasteiger partial charge in [0, 0.05) is 12.2 Å². The fraction of sp³-hybridized carbons (Fsp3) is 0.472. The van der Waals surface area contributed by atoms with Crippen LogP contribution in [-0.2, 0) is 30.3 Å². The zero-order valence-electron chi connectivity index (χ0n) is 25.8. The van der Waals surface area contributed by atoms with E-state index >= 15 is 0 Å². The number of aryl methyl sites for hydroxylation is 2. The third kappa shape index (κ3) is 5.73. The van der Waals surface area contributed by atoms with Gasteiger partial charge in [0.1, 0.15) is 11.6 Å². The number of carbonyl (C=O) groups excluding carboxylic acids is 3. The number of hydrogen-bond donors (Lipinski definition) is 1. The van der Waals surface area contributed by atoms with Gasteiger partial charge in [-0.25, -0.2) is 0 Å². The van der Waals surface area contributed by atoms with Gasteiger partial charge >= 0.3 is 5.97 Å². The number of benzene rings is 2. The van der Waals surface area contributed by atoms with Crippen molar-refractivity contribution < 1.29 is 29.0 Å². The Morgan fingerprint density at radius 2 is 1.93 bits per heavy atom. The van der Waals surface area contributed by atoms with Crippen LogP contribution < -0.4 is 4.90 Å². The van der Waals surface area contributed by atoms with Crippen LogP contribution in [0.4, 0.5) is 5.69 Å². The fourth-order valence-electron chi connectivity index (χ4n) is 7.42. The molecule has 1 N–H and O–H groups in total. The summed E-state index contributed by atoms with van der Waals surface area (Å²) in [5.74, 6) is -2.78. The van der Waals surface area contributed by atoms with Crippen LogP contribution in [0, 0.1) is 25.7 Å². The van der Waals surface area contributed by atoms with E-state index in [1.807, 2.05) is 68.5 Å². The van der Waals surface area contributed by atoms with E-state index in [2.05, 4.69) is 13.2 Å². The van der Waals surface area contributed by atoms with Crippen LogP contribution in [0.3, 0.4) is 0 Å². The van der Waals surface area contributed by atoms with Gasteiger partial charge in [-0.15, -0.1) is 13.2 Å². The molecule has 5 rings (SSSR count). The maximum absolute atomic E-state index is 14.9. The van der Waals surface area contributed by atoms with Gasteiger partial charge in [0.05, 0.1) is 37.2 Å². The van der Waals surface area contributed by atoms with E-state index in [0.29, 0.717) is 25.7 Å². The molecule has 3 saturated heterocycles. The first kappa shape index (κ1) is 31.7. The molecule has 0 aliphatic carbocycles. The second-order valence-electron chi connectivity index (χ2n) is 12.3. The molecule has 0 aromatic heterocycles. The first-order valence-corrected chi connectivity index (χ1v) is 15.7. The summed E-state index contributed by atoms with van der Waals surface area (Å²) in [7, 11) is 0. The van der Waals surface area contributed by atoms with E-state index < -0.39 is 41.6 Å². The number of carbonyl (C=O) groups is 3. The van der Waals surface area contributed by atoms with Crippen LogP contribution in [0.2, 0.25) is 0 Å². The molecule has 3 heterocycles. The lowest BCUT2D eigenvalue weighted by atomic mass is 9.70. The molecular formula is C36H44N2O6. The fourth-order valence-corrected chi connectivity index (χ4v) is 7.42. The smallest absolute Gasteiger partial charge is 0.312 e. The number of fused-ring (bicyclic) bond motifs is 1. The Morgan fingerprint density at radius 1 is 1.16 bits per heavy atom. The van der Waals surface area contributed by atoms with Crippen LogP contribution in [-0.4, -0.2) is 71.3 Å². The van der Waals surface area contributed by atoms with Gasteiger partial charge in [-0.2, -0.15) is 0 Å². The molecule has 0 radical (unpaired) electrons. The molecule has 8 heteroatoms. The average Bonchev–Trinajstić information content (AvgIpc) is 3.67. The minimum absolute atomic E-state index is 0.227. The molecule has 3 fully saturated rings. The molecule has 2 unspecified atom stereocenters. The highest BCUT2D eigenvalue weighted by Crippen LogP contribution is 2.59. The normalized spacial score (nSPS) is 25.9. The molecule has 2 bridgehead atoms. The Hall–Kier alpha value is -3.75. The molecule has 0 saturated carbocycles. The lowest BCUT2D eigenvalue weighted by molar-refractivity contribution is -0.156. The average molecular weight is 601 g/mol. The lowest BCUT2D eigenvalue weighted by Crippen LogP contribution is -2.59. The number of rotatable bonds is 14. The molecule has 8 nitrogen and oxygen atoms in total. The summed E-state index contributed by atoms with van der Waals surface area (Å²) in [6.07, 6.45) is 6.74. The summed E-state index contributed by atoms with van der Waals surface area (Å²) in [4.78, 5) is 46.2. The van der Waals surface area contributed by atoms with E-state index in [4.69, 9.17) is 9.47 Å². The number of anilines is 1. The highest BCUT2D eigenvalue weighted by Gasteiger charge is 2.75. The van der Waals surface area contributed by atoms with Gasteiger partial charge < -0.3 is 24.4 Å². The summed E-state index contributed by atoms with van der Waals surface area (Å²) < 4.78 is 12.3. The van der Waals surface area contributed by atoms with Crippen molar-refractivity contribution >= 4 is 23.5 Å². The highest BCUT2D eigenvalue weighted by molar-refractivity contribution is 6.05. The van der Waals surface area contributed by atoms with E-state index in [1.54, 1.807) is 11.0 Å². The van der Waals surface area contributed by atoms with Crippen LogP contribution in [0.5, 0.6) is 0 Å². The van der Waals surface area contributed by atoms with Crippen LogP contribution in [0.1, 0.15) is 48.8 Å². The highest BCUT2D eigenvalue weighted by atomic mass is 16.6. The molecule has 2 aromatic rings. The molecule has 1 spiro atoms. The van der Waals surface area contributed by atoms with Crippen molar-refractivity contribution in [3.63, 3.8) is 0 Å². The minimum atomic E-state index is -1.20. The van der Waals surface area contributed by atoms with Crippen LogP contribution >= 0.6 is 0 Å². The summed E-state index contributed by atoms with van der Waals surface area (Å²) in [6, 6.07) is 13.8. The number of likely N-dealkylation sites (tertiary alicyclic amines) is 1. The molecule has 3 aliphatic heterocycles. The third-order valence-electron chi connectivity index (χ3n) is 9.44. The first-order chi connectivity index (χ1) is 21.3. The van der Waals surface area contributed by atoms with Crippen molar-refractivity contribution in [2.75, 3.05) is 24.7 Å². The van der Waals surface area contributed by atoms with Gasteiger partial charge in [0.15, 0.2) is 0 Å². The predicted molar refractivity (Wildman–Crippen MR) is 169 cm³/mol. The Kier molecular flexibility index (Phi) is 9.71. The predicted octanol–water partition coefficient (Wildman–Crippen LogP) is 4.70. The van der Waals surface area contributed by atoms with Crippen molar-refractivity contribution in [3.8, 4) is 0 Å². The molecule has 3 aliphatic rings. The Morgan fingerprint density at radius 3 is 2.64 bits per heavy atom. The van der Waals surface area contributed by atoms with E-state index in [0.717, 1.165) is 35.2 Å². The SMILES string of the molecule is C=CCCCCOC(=O)[C@@H]1[C@@H]2CCC3(O2)C(C(=O)N(CC=C)c2cc(C)ccc2C)N([C@@H](CO)Cc2ccccc2)C(=O)[C@H]13. The number of ether oxygens (including phenoxy) is 2. The summed E-state index contributed by atoms with van der Waals surface area (Å²) in [5.41, 5.74) is 2.36. The number of unbranched alkanes of at least 4 members (excludes halogenated alkanes) is 2. The largest absolute Gasteiger partial charge is 0.465 e. The second-order valence-corrected chi connectivity index (χ2v) is 12.3. The maximum Gasteiger partial charge on any atom is 0.312 e. The molecular weight excluding hydrogens is 556 g/mol. The number of amides is 2. The molecule has 44 heavy (non-hydrogen) atoms. The van der Waals surface area contributed by atoms with Crippen molar-refractivity contribution in [1.82, 2.24) is 4.90 Å². The monoisotopic (exact) mass is 600 g/mol. The lowest BCUT2D eigenvalue weighted by Gasteiger charge is -2.39. The van der Waals surface area contributed by atoms with E-state index in [9.17, 15) is 19.5 Å². The second kappa shape index (κ2) is 13.5. The van der Waals surface area contributed by atoms with Crippen molar-refractivity contribution in [2.45, 2.75) is 76.2 Å². The minimum Gasteiger partial charge on any atom is -0.465 e. The van der Waals surface area contributed by atoms with Crippen molar-refractivity contribution in [2.24, 2.45) is 11.8 Å². The third-order valence-corrected chi connectivity index (χ3v) is 9.44. The maximum atomic E-state index is 14.9. The summed E-state index contributed by atoms with van der Waals surface area (Å²) in [6.45, 7) is 11.7. The number of aliphatic hydroxyl groups excluding tert-OH is 1. The molecule has 2 aromatic carbocycles. The van der Waals surface area contributed by atoms with Gasteiger partial charge in [0.25, 0.3) is 5.91 Å². The van der Waals surface area contributed by atoms with Gasteiger partial charge in [-0.1, -0.05) is 54.6 Å². The number of hydrogen-bond acceptors (Lipinski definition) is 6. The molecule has 6 atom stereocenters. The zero-order chi connectivity index (χ0) is 31.4. The Bertz CT molecular complexity index is 1390. The van der Waals surface area contributed by atoms with Crippen molar-refractivity contribution in [3.05, 3.63) is 90.5 Å². The number of nitrogens with zero attached hydrogens (tertiary/aromatic N) is 2. The Labute approximate surface area is 260 Å². The topological polar surface area (TPSA) is 96.4 Å². The first-order valence-electron chi connectivity index (χ1n) is 15.7. The summed E-state index contributed by atoms with van der Waals surface area (Å²) >= 11 is 0. The molecule has 234 valence electrons. The van der Waals surface area contributed by atoms with Crippen LogP contribution in [0.25, 0.3) is 0 Å². The number of esters is 1. The summed E-state index contributed by atoms with van der Waals surface area (Å²) in [5, 5.41) is 10.7. The van der Waals surface area contributed by atoms with Gasteiger partial charge in [0.2, 0.25) is 5.91 Å². The van der Waals surface area contributed by atoms with Gasteiger partial charge in [-0.3, -0.25) is 14.4 Å². The Balaban J connectivity index is 1.55. The zero-order valence-corrected chi connectivity index (χ0v) is 25.8.